The number of anilines is 1. The molecule has 0 aliphatic heterocycles. The van der Waals surface area contributed by atoms with Gasteiger partial charge < -0.3 is 15.3 Å². The van der Waals surface area contributed by atoms with Gasteiger partial charge in [0.25, 0.3) is 0 Å². The van der Waals surface area contributed by atoms with E-state index in [1.54, 1.807) is 35.2 Å². The van der Waals surface area contributed by atoms with Crippen molar-refractivity contribution in [3.05, 3.63) is 42.5 Å². The van der Waals surface area contributed by atoms with E-state index >= 15 is 0 Å². The number of aliphatic carboxylic acids is 1. The van der Waals surface area contributed by atoms with Gasteiger partial charge in [0.1, 0.15) is 0 Å². The fourth-order valence-corrected chi connectivity index (χ4v) is 2.07. The molecular formula is C15H18N2O3. The van der Waals surface area contributed by atoms with Gasteiger partial charge in [-0.1, -0.05) is 24.3 Å². The minimum absolute atomic E-state index is 0.110. The van der Waals surface area contributed by atoms with Crippen molar-refractivity contribution in [3.8, 4) is 0 Å². The Morgan fingerprint density at radius 1 is 1.40 bits per heavy atom. The number of nitrogens with zero attached hydrogens (tertiary/aromatic N) is 1. The summed E-state index contributed by atoms with van der Waals surface area (Å²) in [5.74, 6) is -0.920. The van der Waals surface area contributed by atoms with Crippen LogP contribution in [-0.2, 0) is 11.2 Å². The average Bonchev–Trinajstić information content (AvgIpc) is 3.22. The lowest BCUT2D eigenvalue weighted by Crippen LogP contribution is -2.37. The van der Waals surface area contributed by atoms with Crippen LogP contribution < -0.4 is 5.32 Å². The molecule has 5 nitrogen and oxygen atoms in total. The maximum atomic E-state index is 12.2. The van der Waals surface area contributed by atoms with E-state index in [1.165, 1.54) is 0 Å². The standard InChI is InChI=1S/C15H18N2O3/c1-2-9-17(12-7-8-12)15(20)16-13-6-4-3-5-11(13)10-14(18)19/h2-6,12H,1,7-10H2,(H,16,20)(H,18,19). The Bertz CT molecular complexity index is 524. The van der Waals surface area contributed by atoms with Crippen molar-refractivity contribution < 1.29 is 14.7 Å². The summed E-state index contributed by atoms with van der Waals surface area (Å²) in [5.41, 5.74) is 1.15. The van der Waals surface area contributed by atoms with Crippen LogP contribution in [0.2, 0.25) is 0 Å². The van der Waals surface area contributed by atoms with E-state index in [1.807, 2.05) is 0 Å². The van der Waals surface area contributed by atoms with Crippen LogP contribution in [-0.4, -0.2) is 34.6 Å². The molecule has 20 heavy (non-hydrogen) atoms. The molecule has 0 heterocycles. The molecule has 1 aromatic rings. The molecule has 1 aromatic carbocycles. The summed E-state index contributed by atoms with van der Waals surface area (Å²) >= 11 is 0. The second-order valence-corrected chi connectivity index (χ2v) is 4.83. The molecule has 1 aliphatic carbocycles. The van der Waals surface area contributed by atoms with Crippen molar-refractivity contribution in [1.82, 2.24) is 4.90 Å². The third-order valence-corrected chi connectivity index (χ3v) is 3.17. The van der Waals surface area contributed by atoms with Crippen LogP contribution in [0.25, 0.3) is 0 Å². The molecule has 2 N–H and O–H groups in total. The first-order valence-electron chi connectivity index (χ1n) is 6.60. The monoisotopic (exact) mass is 274 g/mol. The Morgan fingerprint density at radius 2 is 2.10 bits per heavy atom. The number of carbonyl (C=O) groups excluding carboxylic acids is 1. The van der Waals surface area contributed by atoms with Crippen LogP contribution >= 0.6 is 0 Å². The summed E-state index contributed by atoms with van der Waals surface area (Å²) in [5, 5.41) is 11.7. The maximum Gasteiger partial charge on any atom is 0.322 e. The number of para-hydroxylation sites is 1. The van der Waals surface area contributed by atoms with Crippen LogP contribution in [0.3, 0.4) is 0 Å². The largest absolute Gasteiger partial charge is 0.481 e. The second-order valence-electron chi connectivity index (χ2n) is 4.83. The van der Waals surface area contributed by atoms with Crippen molar-refractivity contribution in [2.75, 3.05) is 11.9 Å². The molecular weight excluding hydrogens is 256 g/mol. The van der Waals surface area contributed by atoms with Crippen LogP contribution in [0, 0.1) is 0 Å². The molecule has 5 heteroatoms. The van der Waals surface area contributed by atoms with Gasteiger partial charge in [0, 0.05) is 18.3 Å². The maximum absolute atomic E-state index is 12.2. The SMILES string of the molecule is C=CCN(C(=O)Nc1ccccc1CC(=O)O)C1CC1. The highest BCUT2D eigenvalue weighted by molar-refractivity contribution is 5.91. The first kappa shape index (κ1) is 14.1. The highest BCUT2D eigenvalue weighted by Gasteiger charge is 2.31. The van der Waals surface area contributed by atoms with Crippen molar-refractivity contribution in [3.63, 3.8) is 0 Å². The smallest absolute Gasteiger partial charge is 0.322 e. The molecule has 0 bridgehead atoms. The predicted octanol–water partition coefficient (Wildman–Crippen LogP) is 2.50. The van der Waals surface area contributed by atoms with Crippen LogP contribution in [0.15, 0.2) is 36.9 Å². The number of rotatable bonds is 6. The molecule has 2 amide bonds. The summed E-state index contributed by atoms with van der Waals surface area (Å²) < 4.78 is 0. The lowest BCUT2D eigenvalue weighted by molar-refractivity contribution is -0.136. The number of urea groups is 1. The minimum atomic E-state index is -0.920. The van der Waals surface area contributed by atoms with E-state index in [0.717, 1.165) is 12.8 Å². The van der Waals surface area contributed by atoms with Crippen LogP contribution in [0.5, 0.6) is 0 Å². The van der Waals surface area contributed by atoms with Gasteiger partial charge in [-0.3, -0.25) is 4.79 Å². The van der Waals surface area contributed by atoms with E-state index < -0.39 is 5.97 Å². The normalized spacial score (nSPS) is 13.6. The first-order chi connectivity index (χ1) is 9.61. The predicted molar refractivity (Wildman–Crippen MR) is 76.7 cm³/mol. The summed E-state index contributed by atoms with van der Waals surface area (Å²) in [6, 6.07) is 7.03. The molecule has 0 aromatic heterocycles. The zero-order valence-corrected chi connectivity index (χ0v) is 11.2. The number of hydrogen-bond acceptors (Lipinski definition) is 2. The van der Waals surface area contributed by atoms with Gasteiger partial charge in [0.15, 0.2) is 0 Å². The molecule has 0 radical (unpaired) electrons. The van der Waals surface area contributed by atoms with Crippen molar-refractivity contribution in [2.45, 2.75) is 25.3 Å². The highest BCUT2D eigenvalue weighted by atomic mass is 16.4. The Morgan fingerprint density at radius 3 is 2.70 bits per heavy atom. The van der Waals surface area contributed by atoms with E-state index in [9.17, 15) is 9.59 Å². The van der Waals surface area contributed by atoms with Crippen molar-refractivity contribution in [1.29, 1.82) is 0 Å². The fraction of sp³-hybridized carbons (Fsp3) is 0.333. The van der Waals surface area contributed by atoms with E-state index in [-0.39, 0.29) is 18.5 Å². The molecule has 0 unspecified atom stereocenters. The highest BCUT2D eigenvalue weighted by Crippen LogP contribution is 2.27. The molecule has 0 spiro atoms. The van der Waals surface area contributed by atoms with Gasteiger partial charge in [-0.05, 0) is 24.5 Å². The molecule has 2 rings (SSSR count). The van der Waals surface area contributed by atoms with Gasteiger partial charge in [-0.15, -0.1) is 6.58 Å². The van der Waals surface area contributed by atoms with Gasteiger partial charge in [0.05, 0.1) is 6.42 Å². The number of carboxylic acid groups (broad SMARTS) is 1. The lowest BCUT2D eigenvalue weighted by Gasteiger charge is -2.22. The number of carbonyl (C=O) groups is 2. The zero-order chi connectivity index (χ0) is 14.5. The van der Waals surface area contributed by atoms with Gasteiger partial charge in [-0.25, -0.2) is 4.79 Å². The fourth-order valence-electron chi connectivity index (χ4n) is 2.07. The third-order valence-electron chi connectivity index (χ3n) is 3.17. The summed E-state index contributed by atoms with van der Waals surface area (Å²) in [4.78, 5) is 24.8. The molecule has 0 saturated heterocycles. The zero-order valence-electron chi connectivity index (χ0n) is 11.2. The van der Waals surface area contributed by atoms with Crippen LogP contribution in [0.1, 0.15) is 18.4 Å². The number of hydrogen-bond donors (Lipinski definition) is 2. The summed E-state index contributed by atoms with van der Waals surface area (Å²) in [6.07, 6.45) is 3.61. The number of benzene rings is 1. The summed E-state index contributed by atoms with van der Waals surface area (Å²) in [7, 11) is 0. The Labute approximate surface area is 117 Å². The topological polar surface area (TPSA) is 69.6 Å². The number of carboxylic acids is 1. The lowest BCUT2D eigenvalue weighted by atomic mass is 10.1. The molecule has 0 atom stereocenters. The molecule has 1 fully saturated rings. The van der Waals surface area contributed by atoms with Crippen molar-refractivity contribution in [2.24, 2.45) is 0 Å². The quantitative estimate of drug-likeness (QED) is 0.783. The minimum Gasteiger partial charge on any atom is -0.481 e. The van der Waals surface area contributed by atoms with Gasteiger partial charge in [-0.2, -0.15) is 0 Å². The first-order valence-corrected chi connectivity index (χ1v) is 6.60. The molecule has 1 saturated carbocycles. The van der Waals surface area contributed by atoms with Gasteiger partial charge in [0.2, 0.25) is 0 Å². The number of nitrogens with one attached hydrogen (secondary N) is 1. The second kappa shape index (κ2) is 6.23. The average molecular weight is 274 g/mol. The number of amides is 2. The molecule has 106 valence electrons. The van der Waals surface area contributed by atoms with Crippen LogP contribution in [0.4, 0.5) is 10.5 Å². The Hall–Kier alpha value is -2.30. The van der Waals surface area contributed by atoms with E-state index in [0.29, 0.717) is 17.8 Å². The summed E-state index contributed by atoms with van der Waals surface area (Å²) in [6.45, 7) is 4.16. The molecule has 1 aliphatic rings. The third kappa shape index (κ3) is 3.60. The van der Waals surface area contributed by atoms with E-state index in [4.69, 9.17) is 5.11 Å². The Kier molecular flexibility index (Phi) is 4.40. The van der Waals surface area contributed by atoms with Crippen molar-refractivity contribution >= 4 is 17.7 Å². The van der Waals surface area contributed by atoms with Gasteiger partial charge >= 0.3 is 12.0 Å². The van der Waals surface area contributed by atoms with E-state index in [2.05, 4.69) is 11.9 Å². The Balaban J connectivity index is 2.10.